The third-order valence-corrected chi connectivity index (χ3v) is 2.58. The number of rotatable bonds is 0. The second-order valence-corrected chi connectivity index (χ2v) is 3.47. The second-order valence-electron chi connectivity index (χ2n) is 3.47. The molecule has 2 heterocycles. The highest BCUT2D eigenvalue weighted by Crippen LogP contribution is 2.22. The van der Waals surface area contributed by atoms with Crippen LogP contribution in [0.4, 0.5) is 0 Å². The zero-order chi connectivity index (χ0) is 10.4. The predicted octanol–water partition coefficient (Wildman–Crippen LogP) is 1.72. The van der Waals surface area contributed by atoms with E-state index in [-0.39, 0.29) is 0 Å². The lowest BCUT2D eigenvalue weighted by Crippen LogP contribution is -2.15. The van der Waals surface area contributed by atoms with Gasteiger partial charge in [0.2, 0.25) is 11.6 Å². The number of carbonyl (C=O) groups is 2. The van der Waals surface area contributed by atoms with Crippen molar-refractivity contribution in [1.82, 2.24) is 4.40 Å². The first-order chi connectivity index (χ1) is 7.27. The molecule has 15 heavy (non-hydrogen) atoms. The van der Waals surface area contributed by atoms with Crippen LogP contribution >= 0.6 is 0 Å². The lowest BCUT2D eigenvalue weighted by molar-refractivity contribution is -0.110. The Kier molecular flexibility index (Phi) is 1.45. The molecule has 3 rings (SSSR count). The van der Waals surface area contributed by atoms with Crippen LogP contribution in [0, 0.1) is 0 Å². The number of nitrogens with zero attached hydrogens (tertiary/aromatic N) is 1. The fourth-order valence-corrected chi connectivity index (χ4v) is 1.86. The molecule has 2 aromatic heterocycles. The van der Waals surface area contributed by atoms with Crippen LogP contribution in [-0.4, -0.2) is 16.0 Å². The maximum atomic E-state index is 11.6. The van der Waals surface area contributed by atoms with Gasteiger partial charge >= 0.3 is 0 Å². The van der Waals surface area contributed by atoms with Gasteiger partial charge in [-0.2, -0.15) is 0 Å². The number of Topliss-reactive ketones (excluding diaryl/α,β-unsaturated/α-hetero) is 1. The zero-order valence-electron chi connectivity index (χ0n) is 7.81. The highest BCUT2D eigenvalue weighted by molar-refractivity contribution is 6.50. The number of hydrogen-bond donors (Lipinski definition) is 0. The van der Waals surface area contributed by atoms with Crippen molar-refractivity contribution < 1.29 is 9.59 Å². The van der Waals surface area contributed by atoms with Gasteiger partial charge < -0.3 is 4.40 Å². The molecule has 0 unspecified atom stereocenters. The molecule has 0 radical (unpaired) electrons. The minimum Gasteiger partial charge on any atom is -0.316 e. The van der Waals surface area contributed by atoms with Crippen molar-refractivity contribution in [1.29, 1.82) is 0 Å². The number of carbonyl (C=O) groups excluding carboxylic acids is 2. The minimum absolute atomic E-state index is 0.420. The number of fused-ring (bicyclic) bond motifs is 3. The first kappa shape index (κ1) is 8.17. The zero-order valence-corrected chi connectivity index (χ0v) is 7.81. The van der Waals surface area contributed by atoms with Crippen molar-refractivity contribution in [2.45, 2.75) is 0 Å². The Morgan fingerprint density at radius 1 is 1.07 bits per heavy atom. The maximum absolute atomic E-state index is 11.6. The summed E-state index contributed by atoms with van der Waals surface area (Å²) in [7, 11) is 0. The SMILES string of the molecule is O=C1C=Cc2c(cc3ccccn23)C1=O. The Bertz CT molecular complexity index is 620. The van der Waals surface area contributed by atoms with Gasteiger partial charge in [-0.15, -0.1) is 0 Å². The summed E-state index contributed by atoms with van der Waals surface area (Å²) in [5.74, 6) is -0.866. The molecule has 0 fully saturated rings. The molecule has 0 saturated carbocycles. The van der Waals surface area contributed by atoms with Crippen LogP contribution in [0.2, 0.25) is 0 Å². The van der Waals surface area contributed by atoms with Crippen molar-refractivity contribution in [2.75, 3.05) is 0 Å². The van der Waals surface area contributed by atoms with Crippen LogP contribution in [0.1, 0.15) is 16.1 Å². The van der Waals surface area contributed by atoms with E-state index in [2.05, 4.69) is 0 Å². The van der Waals surface area contributed by atoms with E-state index in [1.165, 1.54) is 6.08 Å². The Hall–Kier alpha value is -2.16. The molecule has 0 N–H and O–H groups in total. The minimum atomic E-state index is -0.446. The van der Waals surface area contributed by atoms with Crippen LogP contribution in [0.25, 0.3) is 11.6 Å². The Morgan fingerprint density at radius 3 is 2.80 bits per heavy atom. The normalized spacial score (nSPS) is 14.7. The molecule has 1 aliphatic carbocycles. The van der Waals surface area contributed by atoms with Crippen molar-refractivity contribution in [2.24, 2.45) is 0 Å². The monoisotopic (exact) mass is 197 g/mol. The average molecular weight is 197 g/mol. The number of hydrogen-bond acceptors (Lipinski definition) is 2. The molecule has 0 saturated heterocycles. The van der Waals surface area contributed by atoms with E-state index in [9.17, 15) is 9.59 Å². The molecule has 0 amide bonds. The molecule has 3 heteroatoms. The quantitative estimate of drug-likeness (QED) is 0.603. The maximum Gasteiger partial charge on any atom is 0.235 e. The van der Waals surface area contributed by atoms with E-state index in [1.807, 2.05) is 28.8 Å². The lowest BCUT2D eigenvalue weighted by Gasteiger charge is -2.03. The highest BCUT2D eigenvalue weighted by Gasteiger charge is 2.23. The molecule has 0 aliphatic heterocycles. The predicted molar refractivity (Wildman–Crippen MR) is 55.8 cm³/mol. The van der Waals surface area contributed by atoms with Crippen LogP contribution in [-0.2, 0) is 4.79 Å². The summed E-state index contributed by atoms with van der Waals surface area (Å²) in [5.41, 5.74) is 2.21. The second kappa shape index (κ2) is 2.67. The van der Waals surface area contributed by atoms with Crippen LogP contribution in [0.15, 0.2) is 36.5 Å². The fourth-order valence-electron chi connectivity index (χ4n) is 1.86. The van der Waals surface area contributed by atoms with Gasteiger partial charge in [0.1, 0.15) is 0 Å². The van der Waals surface area contributed by atoms with E-state index in [0.717, 1.165) is 11.2 Å². The summed E-state index contributed by atoms with van der Waals surface area (Å²) >= 11 is 0. The van der Waals surface area contributed by atoms with Gasteiger partial charge in [0.05, 0.1) is 11.3 Å². The summed E-state index contributed by atoms with van der Waals surface area (Å²) in [6.45, 7) is 0. The Morgan fingerprint density at radius 2 is 1.93 bits per heavy atom. The molecule has 0 bridgehead atoms. The first-order valence-corrected chi connectivity index (χ1v) is 4.64. The average Bonchev–Trinajstić information content (AvgIpc) is 2.63. The molecular weight excluding hydrogens is 190 g/mol. The van der Waals surface area contributed by atoms with Crippen molar-refractivity contribution in [3.05, 3.63) is 47.8 Å². The molecule has 1 aliphatic rings. The standard InChI is InChI=1S/C12H7NO2/c14-11-5-4-10-9(12(11)15)7-8-3-1-2-6-13(8)10/h1-7H. The number of pyridine rings is 1. The third-order valence-electron chi connectivity index (χ3n) is 2.58. The van der Waals surface area contributed by atoms with Crippen LogP contribution < -0.4 is 0 Å². The van der Waals surface area contributed by atoms with Gasteiger partial charge in [0, 0.05) is 11.7 Å². The molecule has 3 nitrogen and oxygen atoms in total. The van der Waals surface area contributed by atoms with Gasteiger partial charge in [0.15, 0.2) is 0 Å². The molecule has 0 atom stereocenters. The molecule has 0 spiro atoms. The number of aromatic nitrogens is 1. The molecule has 72 valence electrons. The summed E-state index contributed by atoms with van der Waals surface area (Å²) in [6, 6.07) is 7.45. The van der Waals surface area contributed by atoms with E-state index in [0.29, 0.717) is 5.56 Å². The Balaban J connectivity index is 2.43. The molecule has 2 aromatic rings. The smallest absolute Gasteiger partial charge is 0.235 e. The first-order valence-electron chi connectivity index (χ1n) is 4.64. The number of ketones is 2. The van der Waals surface area contributed by atoms with Crippen LogP contribution in [0.5, 0.6) is 0 Å². The molecular formula is C12H7NO2. The summed E-state index contributed by atoms with van der Waals surface area (Å²) < 4.78 is 1.90. The van der Waals surface area contributed by atoms with Crippen LogP contribution in [0.3, 0.4) is 0 Å². The van der Waals surface area contributed by atoms with Crippen molar-refractivity contribution >= 4 is 23.2 Å². The summed E-state index contributed by atoms with van der Waals surface area (Å²) in [6.07, 6.45) is 4.89. The van der Waals surface area contributed by atoms with Gasteiger partial charge in [-0.3, -0.25) is 9.59 Å². The molecule has 0 aromatic carbocycles. The third kappa shape index (κ3) is 1.00. The van der Waals surface area contributed by atoms with Crippen molar-refractivity contribution in [3.8, 4) is 0 Å². The van der Waals surface area contributed by atoms with Crippen molar-refractivity contribution in [3.63, 3.8) is 0 Å². The van der Waals surface area contributed by atoms with E-state index >= 15 is 0 Å². The van der Waals surface area contributed by atoms with Gasteiger partial charge in [-0.05, 0) is 30.4 Å². The Labute approximate surface area is 85.6 Å². The van der Waals surface area contributed by atoms with Gasteiger partial charge in [-0.25, -0.2) is 0 Å². The van der Waals surface area contributed by atoms with Gasteiger partial charge in [0.25, 0.3) is 0 Å². The fraction of sp³-hybridized carbons (Fsp3) is 0. The lowest BCUT2D eigenvalue weighted by atomic mass is 10.0. The summed E-state index contributed by atoms with van der Waals surface area (Å²) in [5, 5.41) is 0. The highest BCUT2D eigenvalue weighted by atomic mass is 16.2. The summed E-state index contributed by atoms with van der Waals surface area (Å²) in [4.78, 5) is 22.8. The van der Waals surface area contributed by atoms with E-state index in [1.54, 1.807) is 12.1 Å². The topological polar surface area (TPSA) is 38.5 Å². The van der Waals surface area contributed by atoms with E-state index < -0.39 is 11.6 Å². The van der Waals surface area contributed by atoms with Gasteiger partial charge in [-0.1, -0.05) is 6.07 Å². The van der Waals surface area contributed by atoms with E-state index in [4.69, 9.17) is 0 Å². The number of allylic oxidation sites excluding steroid dienone is 1. The largest absolute Gasteiger partial charge is 0.316 e.